The van der Waals surface area contributed by atoms with E-state index in [0.717, 1.165) is 100 Å². The quantitative estimate of drug-likeness (QED) is 0.458. The van der Waals surface area contributed by atoms with E-state index >= 15 is 0 Å². The van der Waals surface area contributed by atoms with Gasteiger partial charge in [0.25, 0.3) is 0 Å². The van der Waals surface area contributed by atoms with Gasteiger partial charge in [0.15, 0.2) is 11.3 Å². The number of anilines is 1. The summed E-state index contributed by atoms with van der Waals surface area (Å²) in [6.07, 6.45) is 8.87. The summed E-state index contributed by atoms with van der Waals surface area (Å²) >= 11 is 0. The zero-order valence-electron chi connectivity index (χ0n) is 23.4. The highest BCUT2D eigenvalue weighted by atomic mass is 16.5. The van der Waals surface area contributed by atoms with E-state index < -0.39 is 5.97 Å². The Hall–Kier alpha value is -3.28. The lowest BCUT2D eigenvalue weighted by molar-refractivity contribution is 0.0115. The largest absolute Gasteiger partial charge is 0.477 e. The molecule has 218 valence electrons. The van der Waals surface area contributed by atoms with E-state index in [1.54, 1.807) is 16.9 Å². The third kappa shape index (κ3) is 5.38. The number of ether oxygens (including phenoxy) is 3. The number of aromatic carboxylic acids is 1. The minimum Gasteiger partial charge on any atom is -0.477 e. The summed E-state index contributed by atoms with van der Waals surface area (Å²) in [5.41, 5.74) is 3.35. The molecule has 0 bridgehead atoms. The molecule has 0 unspecified atom stereocenters. The fourth-order valence-corrected chi connectivity index (χ4v) is 6.60. The van der Waals surface area contributed by atoms with Crippen molar-refractivity contribution < 1.29 is 24.1 Å². The number of rotatable bonds is 7. The normalized spacial score (nSPS) is 21.7. The maximum atomic E-state index is 12.3. The summed E-state index contributed by atoms with van der Waals surface area (Å²) in [6.45, 7) is 6.68. The van der Waals surface area contributed by atoms with Crippen molar-refractivity contribution in [3.8, 4) is 11.6 Å². The molecular formula is C30H38N6O5. The lowest BCUT2D eigenvalue weighted by Gasteiger charge is -2.41. The van der Waals surface area contributed by atoms with Gasteiger partial charge >= 0.3 is 5.97 Å². The van der Waals surface area contributed by atoms with Crippen molar-refractivity contribution in [2.24, 2.45) is 0 Å². The molecule has 3 saturated heterocycles. The molecule has 3 aliphatic heterocycles. The van der Waals surface area contributed by atoms with Crippen LogP contribution in [0.4, 0.5) is 5.69 Å². The lowest BCUT2D eigenvalue weighted by atomic mass is 9.82. The molecule has 4 aliphatic rings. The summed E-state index contributed by atoms with van der Waals surface area (Å²) in [7, 11) is 0. The zero-order valence-corrected chi connectivity index (χ0v) is 23.4. The predicted octanol–water partition coefficient (Wildman–Crippen LogP) is 3.64. The van der Waals surface area contributed by atoms with E-state index in [2.05, 4.69) is 19.8 Å². The molecule has 3 aromatic rings. The number of carbonyl (C=O) groups is 1. The minimum absolute atomic E-state index is 0.0387. The van der Waals surface area contributed by atoms with Crippen LogP contribution in [-0.2, 0) is 9.47 Å². The van der Waals surface area contributed by atoms with Crippen LogP contribution in [-0.4, -0.2) is 100 Å². The number of hydrogen-bond donors (Lipinski definition) is 1. The van der Waals surface area contributed by atoms with Crippen LogP contribution in [0.3, 0.4) is 0 Å². The number of piperidine rings is 1. The first-order chi connectivity index (χ1) is 20.1. The first kappa shape index (κ1) is 26.6. The van der Waals surface area contributed by atoms with Gasteiger partial charge in [0.1, 0.15) is 6.10 Å². The smallest absolute Gasteiger partial charge is 0.354 e. The average molecular weight is 563 g/mol. The number of morpholine rings is 1. The fourth-order valence-electron chi connectivity index (χ4n) is 6.60. The van der Waals surface area contributed by atoms with E-state index in [-0.39, 0.29) is 11.8 Å². The Balaban J connectivity index is 1.26. The predicted molar refractivity (Wildman–Crippen MR) is 152 cm³/mol. The molecule has 1 saturated carbocycles. The average Bonchev–Trinajstić information content (AvgIpc) is 3.36. The second kappa shape index (κ2) is 11.5. The topological polar surface area (TPSA) is 115 Å². The highest BCUT2D eigenvalue weighted by molar-refractivity contribution is 5.98. The van der Waals surface area contributed by atoms with Crippen molar-refractivity contribution in [2.45, 2.75) is 63.0 Å². The molecule has 4 fully saturated rings. The molecule has 0 atom stereocenters. The van der Waals surface area contributed by atoms with Crippen LogP contribution in [0.2, 0.25) is 0 Å². The highest BCUT2D eigenvalue weighted by Crippen LogP contribution is 2.43. The van der Waals surface area contributed by atoms with E-state index in [1.807, 2.05) is 12.1 Å². The number of aromatic nitrogens is 4. The van der Waals surface area contributed by atoms with Crippen molar-refractivity contribution in [3.05, 3.63) is 35.8 Å². The molecule has 41 heavy (non-hydrogen) atoms. The summed E-state index contributed by atoms with van der Waals surface area (Å²) in [6, 6.07) is 6.07. The molecule has 1 N–H and O–H groups in total. The Morgan fingerprint density at radius 2 is 1.71 bits per heavy atom. The van der Waals surface area contributed by atoms with Gasteiger partial charge in [0.05, 0.1) is 48.9 Å². The SMILES string of the molecule is O=C(O)c1cc(N2CCC(N3CCOCC3)CC2)c2c(C3CCC3)nn(-c3ccnc(OC4CCOCC4)c3)c2n1. The van der Waals surface area contributed by atoms with Crippen molar-refractivity contribution in [1.82, 2.24) is 24.6 Å². The van der Waals surface area contributed by atoms with Gasteiger partial charge in [-0.05, 0) is 37.8 Å². The van der Waals surface area contributed by atoms with Gasteiger partial charge in [-0.1, -0.05) is 6.42 Å². The van der Waals surface area contributed by atoms with Gasteiger partial charge < -0.3 is 24.2 Å². The Bertz CT molecular complexity index is 1390. The Morgan fingerprint density at radius 1 is 0.951 bits per heavy atom. The molecule has 7 rings (SSSR count). The summed E-state index contributed by atoms with van der Waals surface area (Å²) < 4.78 is 19.0. The molecule has 11 nitrogen and oxygen atoms in total. The monoisotopic (exact) mass is 562 g/mol. The van der Waals surface area contributed by atoms with Crippen LogP contribution in [0.15, 0.2) is 24.4 Å². The number of fused-ring (bicyclic) bond motifs is 1. The fraction of sp³-hybridized carbons (Fsp3) is 0.600. The van der Waals surface area contributed by atoms with E-state index in [1.165, 1.54) is 6.42 Å². The molecule has 3 aromatic heterocycles. The number of pyridine rings is 2. The van der Waals surface area contributed by atoms with Gasteiger partial charge in [-0.2, -0.15) is 5.10 Å². The maximum absolute atomic E-state index is 12.3. The Morgan fingerprint density at radius 3 is 2.41 bits per heavy atom. The standard InChI is InChI=1S/C30H38N6O5/c37-30(38)24-19-25(35-10-5-21(6-11-35)34-12-16-40-17-13-34)27-28(20-2-1-3-20)33-36(29(27)32-24)22-4-9-31-26(18-22)41-23-7-14-39-15-8-23/h4,9,18-21,23H,1-3,5-8,10-17H2,(H,37,38). The van der Waals surface area contributed by atoms with Gasteiger partial charge in [0, 0.05) is 63.2 Å². The van der Waals surface area contributed by atoms with Crippen molar-refractivity contribution in [3.63, 3.8) is 0 Å². The van der Waals surface area contributed by atoms with Gasteiger partial charge in [-0.3, -0.25) is 4.90 Å². The van der Waals surface area contributed by atoms with E-state index in [9.17, 15) is 9.90 Å². The third-order valence-electron chi connectivity index (χ3n) is 9.14. The summed E-state index contributed by atoms with van der Waals surface area (Å²) in [5, 5.41) is 16.2. The minimum atomic E-state index is -1.03. The van der Waals surface area contributed by atoms with E-state index in [0.29, 0.717) is 36.7 Å². The highest BCUT2D eigenvalue weighted by Gasteiger charge is 2.32. The first-order valence-electron chi connectivity index (χ1n) is 15.1. The van der Waals surface area contributed by atoms with Crippen LogP contribution >= 0.6 is 0 Å². The van der Waals surface area contributed by atoms with Gasteiger partial charge in [-0.15, -0.1) is 0 Å². The Labute approximate surface area is 239 Å². The zero-order chi connectivity index (χ0) is 27.8. The third-order valence-corrected chi connectivity index (χ3v) is 9.14. The molecule has 0 spiro atoms. The maximum Gasteiger partial charge on any atom is 0.354 e. The van der Waals surface area contributed by atoms with Crippen LogP contribution in [0, 0.1) is 0 Å². The molecule has 1 aliphatic carbocycles. The lowest BCUT2D eigenvalue weighted by Crippen LogP contribution is -2.49. The van der Waals surface area contributed by atoms with E-state index in [4.69, 9.17) is 19.3 Å². The Kier molecular flexibility index (Phi) is 7.49. The van der Waals surface area contributed by atoms with Crippen LogP contribution < -0.4 is 9.64 Å². The number of nitrogens with zero attached hydrogens (tertiary/aromatic N) is 6. The number of carboxylic acids is 1. The van der Waals surface area contributed by atoms with Crippen LogP contribution in [0.5, 0.6) is 5.88 Å². The van der Waals surface area contributed by atoms with Crippen molar-refractivity contribution >= 4 is 22.7 Å². The van der Waals surface area contributed by atoms with Crippen molar-refractivity contribution in [1.29, 1.82) is 0 Å². The molecule has 11 heteroatoms. The second-order valence-corrected chi connectivity index (χ2v) is 11.6. The number of hydrogen-bond acceptors (Lipinski definition) is 9. The van der Waals surface area contributed by atoms with Gasteiger partial charge in [-0.25, -0.2) is 19.4 Å². The summed E-state index contributed by atoms with van der Waals surface area (Å²) in [5.74, 6) is -0.156. The van der Waals surface area contributed by atoms with Crippen LogP contribution in [0.1, 0.15) is 67.0 Å². The summed E-state index contributed by atoms with van der Waals surface area (Å²) in [4.78, 5) is 26.3. The molecule has 6 heterocycles. The van der Waals surface area contributed by atoms with Crippen LogP contribution in [0.25, 0.3) is 16.7 Å². The number of carboxylic acid groups (broad SMARTS) is 1. The molecule has 0 radical (unpaired) electrons. The molecule has 0 aromatic carbocycles. The second-order valence-electron chi connectivity index (χ2n) is 11.6. The molecular weight excluding hydrogens is 524 g/mol. The van der Waals surface area contributed by atoms with Crippen molar-refractivity contribution in [2.75, 3.05) is 57.5 Å². The first-order valence-corrected chi connectivity index (χ1v) is 15.1. The molecule has 0 amide bonds. The van der Waals surface area contributed by atoms with Gasteiger partial charge in [0.2, 0.25) is 5.88 Å².